The maximum atomic E-state index is 11.1. The van der Waals surface area contributed by atoms with Gasteiger partial charge in [-0.3, -0.25) is 0 Å². The van der Waals surface area contributed by atoms with Crippen LogP contribution in [0.15, 0.2) is 12.3 Å². The quantitative estimate of drug-likeness (QED) is 0.401. The van der Waals surface area contributed by atoms with E-state index in [9.17, 15) is 18.7 Å². The molecular weight excluding hydrogens is 134 g/mol. The Bertz CT molecular complexity index is 121. The summed E-state index contributed by atoms with van der Waals surface area (Å²) >= 11 is 0. The first-order valence-corrected chi connectivity index (χ1v) is 1.95. The van der Waals surface area contributed by atoms with Crippen LogP contribution in [-0.4, -0.2) is 12.6 Å². The van der Waals surface area contributed by atoms with E-state index in [0.717, 1.165) is 0 Å². The normalized spacial score (nSPS) is 10.6. The van der Waals surface area contributed by atoms with Gasteiger partial charge in [-0.2, -0.15) is 0 Å². The molecule has 0 aliphatic heterocycles. The van der Waals surface area contributed by atoms with Crippen molar-refractivity contribution >= 4 is 6.16 Å². The fraction of sp³-hybridized carbons (Fsp3) is 0.250. The molecule has 9 heavy (non-hydrogen) atoms. The average Bonchev–Trinajstić information content (AvgIpc) is 1.63. The zero-order chi connectivity index (χ0) is 7.28. The van der Waals surface area contributed by atoms with Gasteiger partial charge in [-0.05, 0) is 6.08 Å². The number of carbonyl (C=O) groups is 1. The maximum absolute atomic E-state index is 11.1. The molecule has 0 atom stereocenters. The molecule has 0 aliphatic carbocycles. The third-order valence-corrected chi connectivity index (χ3v) is 0.388. The summed E-state index contributed by atoms with van der Waals surface area (Å²) in [5.74, 6) is 0. The summed E-state index contributed by atoms with van der Waals surface area (Å²) in [5, 5.41) is 9.35. The first kappa shape index (κ1) is 7.87. The number of carboxylic acid groups (broad SMARTS) is 1. The fourth-order valence-corrected chi connectivity index (χ4v) is 0.154. The van der Waals surface area contributed by atoms with Crippen molar-refractivity contribution in [1.29, 1.82) is 0 Å². The molecule has 0 fully saturated rings. The molecule has 0 spiro atoms. The first-order chi connectivity index (χ1) is 4.13. The number of rotatable bonds is 2. The molecule has 0 N–H and O–H groups in total. The molecule has 0 radical (unpaired) electrons. The van der Waals surface area contributed by atoms with Crippen LogP contribution in [0.25, 0.3) is 0 Å². The molecule has 0 saturated carbocycles. The molecule has 0 bridgehead atoms. The summed E-state index contributed by atoms with van der Waals surface area (Å²) in [6, 6.07) is 0. The molecule has 0 aromatic carbocycles. The van der Waals surface area contributed by atoms with E-state index in [2.05, 4.69) is 4.74 Å². The Hall–Kier alpha value is -1.13. The molecule has 0 amide bonds. The van der Waals surface area contributed by atoms with Crippen molar-refractivity contribution in [1.82, 2.24) is 0 Å². The summed E-state index contributed by atoms with van der Waals surface area (Å²) in [4.78, 5) is 9.35. The third-order valence-electron chi connectivity index (χ3n) is 0.388. The SMILES string of the molecule is O=C([O-])OC=CC(F)F. The lowest BCUT2D eigenvalue weighted by molar-refractivity contribution is -0.276. The van der Waals surface area contributed by atoms with Gasteiger partial charge in [0.1, 0.15) is 0 Å². The number of carbonyl (C=O) groups excluding carboxylic acids is 1. The average molecular weight is 137 g/mol. The fourth-order valence-electron chi connectivity index (χ4n) is 0.154. The van der Waals surface area contributed by atoms with E-state index in [0.29, 0.717) is 6.26 Å². The molecule has 0 aliphatic rings. The molecule has 0 saturated heterocycles. The van der Waals surface area contributed by atoms with Crippen LogP contribution >= 0.6 is 0 Å². The maximum Gasteiger partial charge on any atom is 0.258 e. The number of hydrogen-bond donors (Lipinski definition) is 0. The predicted molar refractivity (Wildman–Crippen MR) is 21.6 cm³/mol. The van der Waals surface area contributed by atoms with Crippen LogP contribution in [0.4, 0.5) is 13.6 Å². The van der Waals surface area contributed by atoms with Crippen molar-refractivity contribution in [3.63, 3.8) is 0 Å². The van der Waals surface area contributed by atoms with Gasteiger partial charge in [-0.15, -0.1) is 0 Å². The lowest BCUT2D eigenvalue weighted by Gasteiger charge is -1.97. The highest BCUT2D eigenvalue weighted by Gasteiger charge is 1.90. The van der Waals surface area contributed by atoms with Gasteiger partial charge in [0, 0.05) is 6.26 Å². The number of halogens is 2. The van der Waals surface area contributed by atoms with Crippen molar-refractivity contribution in [3.05, 3.63) is 12.3 Å². The van der Waals surface area contributed by atoms with Gasteiger partial charge >= 0.3 is 0 Å². The van der Waals surface area contributed by atoms with E-state index < -0.39 is 12.6 Å². The van der Waals surface area contributed by atoms with E-state index in [4.69, 9.17) is 0 Å². The van der Waals surface area contributed by atoms with Gasteiger partial charge in [-0.25, -0.2) is 8.78 Å². The summed E-state index contributed by atoms with van der Waals surface area (Å²) in [5.41, 5.74) is 0. The highest BCUT2D eigenvalue weighted by molar-refractivity contribution is 5.54. The van der Waals surface area contributed by atoms with Gasteiger partial charge in [0.2, 0.25) is 0 Å². The van der Waals surface area contributed by atoms with E-state index in [-0.39, 0.29) is 6.08 Å². The van der Waals surface area contributed by atoms with Gasteiger partial charge in [0.25, 0.3) is 12.6 Å². The Labute approximate surface area is 49.5 Å². The van der Waals surface area contributed by atoms with E-state index in [1.165, 1.54) is 0 Å². The van der Waals surface area contributed by atoms with E-state index >= 15 is 0 Å². The van der Waals surface area contributed by atoms with Gasteiger partial charge in [0.15, 0.2) is 0 Å². The minimum absolute atomic E-state index is 0.288. The van der Waals surface area contributed by atoms with Crippen molar-refractivity contribution in [2.75, 3.05) is 0 Å². The lowest BCUT2D eigenvalue weighted by Crippen LogP contribution is -2.21. The number of hydrogen-bond acceptors (Lipinski definition) is 3. The number of alkyl halides is 2. The Kier molecular flexibility index (Phi) is 3.34. The van der Waals surface area contributed by atoms with E-state index in [1.54, 1.807) is 0 Å². The van der Waals surface area contributed by atoms with Crippen LogP contribution in [0.5, 0.6) is 0 Å². The Morgan fingerprint density at radius 2 is 2.22 bits per heavy atom. The molecule has 0 heterocycles. The van der Waals surface area contributed by atoms with Crippen LogP contribution in [0, 0.1) is 0 Å². The summed E-state index contributed by atoms with van der Waals surface area (Å²) in [6.45, 7) is 0. The molecule has 52 valence electrons. The molecule has 0 aromatic rings. The zero-order valence-electron chi connectivity index (χ0n) is 4.21. The van der Waals surface area contributed by atoms with Crippen molar-refractivity contribution < 1.29 is 23.4 Å². The highest BCUT2D eigenvalue weighted by atomic mass is 19.3. The van der Waals surface area contributed by atoms with Gasteiger partial charge in [0.05, 0.1) is 0 Å². The van der Waals surface area contributed by atoms with Crippen LogP contribution < -0.4 is 5.11 Å². The second-order valence-corrected chi connectivity index (χ2v) is 1.03. The zero-order valence-corrected chi connectivity index (χ0v) is 4.21. The minimum Gasteiger partial charge on any atom is -0.522 e. The standard InChI is InChI=1S/C4H4F2O3/c5-3(6)1-2-9-4(7)8/h1-3H,(H,7,8)/p-1. The largest absolute Gasteiger partial charge is 0.522 e. The summed E-state index contributed by atoms with van der Waals surface area (Å²) in [7, 11) is 0. The first-order valence-electron chi connectivity index (χ1n) is 1.95. The number of allylic oxidation sites excluding steroid dienone is 1. The summed E-state index contributed by atoms with van der Waals surface area (Å²) < 4.78 is 25.7. The van der Waals surface area contributed by atoms with Crippen LogP contribution in [0.3, 0.4) is 0 Å². The predicted octanol–water partition coefficient (Wildman–Crippen LogP) is 0.125. The Morgan fingerprint density at radius 1 is 1.67 bits per heavy atom. The van der Waals surface area contributed by atoms with E-state index in [1.807, 2.05) is 0 Å². The second kappa shape index (κ2) is 3.82. The van der Waals surface area contributed by atoms with Crippen molar-refractivity contribution in [2.45, 2.75) is 6.43 Å². The van der Waals surface area contributed by atoms with Crippen LogP contribution in [0.2, 0.25) is 0 Å². The molecule has 3 nitrogen and oxygen atoms in total. The lowest BCUT2D eigenvalue weighted by atomic mass is 10.7. The molecule has 5 heteroatoms. The second-order valence-electron chi connectivity index (χ2n) is 1.03. The molecule has 0 aromatic heterocycles. The van der Waals surface area contributed by atoms with Gasteiger partial charge in [-0.1, -0.05) is 0 Å². The molecule has 0 rings (SSSR count). The highest BCUT2D eigenvalue weighted by Crippen LogP contribution is 1.92. The van der Waals surface area contributed by atoms with Crippen molar-refractivity contribution in [3.8, 4) is 0 Å². The van der Waals surface area contributed by atoms with Crippen LogP contribution in [-0.2, 0) is 4.74 Å². The minimum atomic E-state index is -2.70. The summed E-state index contributed by atoms with van der Waals surface area (Å²) in [6.07, 6.45) is -3.91. The number of ether oxygens (including phenoxy) is 1. The molecule has 0 unspecified atom stereocenters. The third kappa shape index (κ3) is 6.87. The Morgan fingerprint density at radius 3 is 2.56 bits per heavy atom. The monoisotopic (exact) mass is 137 g/mol. The Balaban J connectivity index is 3.36. The van der Waals surface area contributed by atoms with Crippen molar-refractivity contribution in [2.24, 2.45) is 0 Å². The molecular formula is C4H3F2O3-. The van der Waals surface area contributed by atoms with Gasteiger partial charge < -0.3 is 14.6 Å². The smallest absolute Gasteiger partial charge is 0.258 e. The topological polar surface area (TPSA) is 49.4 Å². The van der Waals surface area contributed by atoms with Crippen LogP contribution in [0.1, 0.15) is 0 Å².